The van der Waals surface area contributed by atoms with Gasteiger partial charge in [-0.2, -0.15) is 0 Å². The predicted octanol–water partition coefficient (Wildman–Crippen LogP) is -0.348. The quantitative estimate of drug-likeness (QED) is 0.478. The molecule has 0 bridgehead atoms. The van der Waals surface area contributed by atoms with Crippen molar-refractivity contribution in [1.82, 2.24) is 30.4 Å². The zero-order chi connectivity index (χ0) is 24.1. The largest absolute Gasteiger partial charge is 0.437 e. The molecular formula is C20H24ClN7O5. The highest BCUT2D eigenvalue weighted by atomic mass is 35.5. The maximum absolute atomic E-state index is 12.7. The number of amides is 4. The lowest BCUT2D eigenvalue weighted by Gasteiger charge is -2.21. The molecule has 0 aliphatic carbocycles. The van der Waals surface area contributed by atoms with E-state index in [0.29, 0.717) is 29.4 Å². The lowest BCUT2D eigenvalue weighted by atomic mass is 10.2. The first-order chi connectivity index (χ1) is 15.6. The van der Waals surface area contributed by atoms with Crippen molar-refractivity contribution in [2.24, 2.45) is 0 Å². The third kappa shape index (κ3) is 6.26. The minimum Gasteiger partial charge on any atom is -0.437 e. The average Bonchev–Trinajstić information content (AvgIpc) is 3.20. The molecule has 0 radical (unpaired) electrons. The Hall–Kier alpha value is -3.51. The van der Waals surface area contributed by atoms with Gasteiger partial charge in [-0.1, -0.05) is 11.6 Å². The number of aromatic nitrogens is 2. The molecule has 33 heavy (non-hydrogen) atoms. The fourth-order valence-corrected chi connectivity index (χ4v) is 3.17. The highest BCUT2D eigenvalue weighted by molar-refractivity contribution is 6.39. The van der Waals surface area contributed by atoms with Gasteiger partial charge in [0.25, 0.3) is 5.89 Å². The van der Waals surface area contributed by atoms with E-state index in [9.17, 15) is 19.2 Å². The van der Waals surface area contributed by atoms with E-state index in [2.05, 4.69) is 25.9 Å². The molecule has 3 N–H and O–H groups in total. The molecule has 0 saturated heterocycles. The van der Waals surface area contributed by atoms with Crippen molar-refractivity contribution in [3.63, 3.8) is 0 Å². The molecule has 4 amide bonds. The number of carbonyl (C=O) groups is 4. The molecule has 2 aromatic heterocycles. The lowest BCUT2D eigenvalue weighted by Crippen LogP contribution is -2.53. The highest BCUT2D eigenvalue weighted by Gasteiger charge is 2.28. The summed E-state index contributed by atoms with van der Waals surface area (Å²) >= 11 is 5.73. The third-order valence-electron chi connectivity index (χ3n) is 4.80. The van der Waals surface area contributed by atoms with E-state index in [-0.39, 0.29) is 18.3 Å². The Bertz CT molecular complexity index is 1050. The van der Waals surface area contributed by atoms with Gasteiger partial charge in [0.2, 0.25) is 5.91 Å². The van der Waals surface area contributed by atoms with Gasteiger partial charge in [-0.3, -0.25) is 24.1 Å². The Morgan fingerprint density at radius 2 is 2.00 bits per heavy atom. The molecule has 1 aliphatic rings. The Balaban J connectivity index is 1.62. The molecule has 0 fully saturated rings. The summed E-state index contributed by atoms with van der Waals surface area (Å²) in [5.74, 6) is -2.58. The topological polar surface area (TPSA) is 150 Å². The second-order valence-electron chi connectivity index (χ2n) is 7.66. The number of rotatable bonds is 6. The number of hydrogen-bond donors (Lipinski definition) is 3. The predicted molar refractivity (Wildman–Crippen MR) is 117 cm³/mol. The summed E-state index contributed by atoms with van der Waals surface area (Å²) < 4.78 is 5.55. The lowest BCUT2D eigenvalue weighted by molar-refractivity contribution is -0.136. The third-order valence-corrected chi connectivity index (χ3v) is 5.02. The number of nitrogens with one attached hydrogen (secondary N) is 3. The minimum atomic E-state index is -1.15. The van der Waals surface area contributed by atoms with Gasteiger partial charge in [-0.15, -0.1) is 0 Å². The maximum Gasteiger partial charge on any atom is 0.314 e. The van der Waals surface area contributed by atoms with Crippen LogP contribution in [0.1, 0.15) is 22.1 Å². The van der Waals surface area contributed by atoms with Crippen molar-refractivity contribution in [1.29, 1.82) is 0 Å². The monoisotopic (exact) mass is 477 g/mol. The summed E-state index contributed by atoms with van der Waals surface area (Å²) in [6, 6.07) is 1.78. The van der Waals surface area contributed by atoms with Gasteiger partial charge in [-0.05, 0) is 19.2 Å². The van der Waals surface area contributed by atoms with Crippen LogP contribution in [-0.4, -0.2) is 83.7 Å². The summed E-state index contributed by atoms with van der Waals surface area (Å²) in [5.41, 5.74) is 0.671. The fourth-order valence-electron chi connectivity index (χ4n) is 3.06. The van der Waals surface area contributed by atoms with Gasteiger partial charge in [0, 0.05) is 46.3 Å². The number of halogens is 1. The molecule has 3 heterocycles. The first kappa shape index (κ1) is 24.1. The van der Waals surface area contributed by atoms with Crippen molar-refractivity contribution in [3.05, 3.63) is 40.7 Å². The fraction of sp³-hybridized carbons (Fsp3) is 0.400. The summed E-state index contributed by atoms with van der Waals surface area (Å²) in [4.78, 5) is 60.9. The van der Waals surface area contributed by atoms with Crippen LogP contribution >= 0.6 is 11.6 Å². The van der Waals surface area contributed by atoms with Crippen LogP contribution in [0.3, 0.4) is 0 Å². The number of pyridine rings is 1. The number of hydrogen-bond acceptors (Lipinski definition) is 8. The molecule has 1 atom stereocenters. The number of carbonyl (C=O) groups excluding carboxylic acids is 4. The Kier molecular flexibility index (Phi) is 7.61. The summed E-state index contributed by atoms with van der Waals surface area (Å²) in [6.07, 6.45) is 1.94. The standard InChI is InChI=1S/C20H24ClN7O5/c1-27(2)20(32)12(9-23-16(29)17(30)26-15-5-4-11(21)8-22-15)24-18(31)19-25-13-10-28(3)7-6-14(13)33-19/h4-5,8,12H,6-7,9-10H2,1-3H3,(H,23,29)(H,24,31)(H,22,26,30). The van der Waals surface area contributed by atoms with Gasteiger partial charge in [-0.25, -0.2) is 9.97 Å². The van der Waals surface area contributed by atoms with Gasteiger partial charge in [0.1, 0.15) is 17.6 Å². The Morgan fingerprint density at radius 3 is 2.67 bits per heavy atom. The normalized spacial score (nSPS) is 14.1. The minimum absolute atomic E-state index is 0.132. The molecule has 0 aromatic carbocycles. The number of fused-ring (bicyclic) bond motifs is 1. The van der Waals surface area contributed by atoms with Crippen LogP contribution in [0.2, 0.25) is 5.02 Å². The van der Waals surface area contributed by atoms with Crippen LogP contribution in [0.5, 0.6) is 0 Å². The molecule has 2 aromatic rings. The van der Waals surface area contributed by atoms with E-state index < -0.39 is 29.7 Å². The van der Waals surface area contributed by atoms with Crippen molar-refractivity contribution in [2.45, 2.75) is 19.0 Å². The van der Waals surface area contributed by atoms with Crippen LogP contribution in [0.4, 0.5) is 5.82 Å². The molecule has 1 aliphatic heterocycles. The second kappa shape index (κ2) is 10.4. The van der Waals surface area contributed by atoms with Crippen molar-refractivity contribution in [2.75, 3.05) is 39.5 Å². The van der Waals surface area contributed by atoms with Crippen LogP contribution in [0.25, 0.3) is 0 Å². The average molecular weight is 478 g/mol. The van der Waals surface area contributed by atoms with Gasteiger partial charge >= 0.3 is 17.7 Å². The number of oxazole rings is 1. The summed E-state index contributed by atoms with van der Waals surface area (Å²) in [6.45, 7) is 1.01. The zero-order valence-corrected chi connectivity index (χ0v) is 19.1. The van der Waals surface area contributed by atoms with Gasteiger partial charge < -0.3 is 25.3 Å². The van der Waals surface area contributed by atoms with Crippen LogP contribution in [0.15, 0.2) is 22.7 Å². The first-order valence-electron chi connectivity index (χ1n) is 10.0. The highest BCUT2D eigenvalue weighted by Crippen LogP contribution is 2.18. The summed E-state index contributed by atoms with van der Waals surface area (Å²) in [7, 11) is 4.94. The number of likely N-dealkylation sites (N-methyl/N-ethyl adjacent to an activating group) is 2. The molecule has 13 heteroatoms. The number of nitrogens with zero attached hydrogens (tertiary/aromatic N) is 4. The van der Waals surface area contributed by atoms with Crippen molar-refractivity contribution >= 4 is 41.0 Å². The second-order valence-corrected chi connectivity index (χ2v) is 8.10. The maximum atomic E-state index is 12.7. The number of anilines is 1. The van der Waals surface area contributed by atoms with Crippen molar-refractivity contribution < 1.29 is 23.6 Å². The SMILES string of the molecule is CN1CCc2oc(C(=O)NC(CNC(=O)C(=O)Nc3ccc(Cl)cn3)C(=O)N(C)C)nc2C1. The molecule has 3 rings (SSSR count). The van der Waals surface area contributed by atoms with Crippen LogP contribution in [-0.2, 0) is 27.3 Å². The summed E-state index contributed by atoms with van der Waals surface area (Å²) in [5, 5.41) is 7.53. The van der Waals surface area contributed by atoms with E-state index in [4.69, 9.17) is 16.0 Å². The molecular weight excluding hydrogens is 454 g/mol. The first-order valence-corrected chi connectivity index (χ1v) is 10.4. The Morgan fingerprint density at radius 1 is 1.24 bits per heavy atom. The molecule has 0 saturated carbocycles. The molecule has 1 unspecified atom stereocenters. The van der Waals surface area contributed by atoms with E-state index in [0.717, 1.165) is 6.54 Å². The van der Waals surface area contributed by atoms with E-state index in [1.54, 1.807) is 0 Å². The molecule has 12 nitrogen and oxygen atoms in total. The van der Waals surface area contributed by atoms with E-state index in [1.807, 2.05) is 11.9 Å². The van der Waals surface area contributed by atoms with Crippen molar-refractivity contribution in [3.8, 4) is 0 Å². The van der Waals surface area contributed by atoms with Gasteiger partial charge in [0.05, 0.1) is 10.7 Å². The molecule has 176 valence electrons. The van der Waals surface area contributed by atoms with Crippen LogP contribution in [0, 0.1) is 0 Å². The zero-order valence-electron chi connectivity index (χ0n) is 18.3. The van der Waals surface area contributed by atoms with Gasteiger partial charge in [0.15, 0.2) is 0 Å². The van der Waals surface area contributed by atoms with E-state index in [1.165, 1.54) is 37.3 Å². The van der Waals surface area contributed by atoms with E-state index >= 15 is 0 Å². The smallest absolute Gasteiger partial charge is 0.314 e. The Labute approximate surface area is 194 Å². The molecule has 0 spiro atoms. The van der Waals surface area contributed by atoms with Crippen LogP contribution < -0.4 is 16.0 Å².